The lowest BCUT2D eigenvalue weighted by molar-refractivity contribution is -0.480. The first kappa shape index (κ1) is 22.6. The van der Waals surface area contributed by atoms with E-state index in [-0.39, 0.29) is 11.5 Å². The molecule has 0 spiro atoms. The molecule has 0 aromatic heterocycles. The van der Waals surface area contributed by atoms with Crippen LogP contribution in [0.1, 0.15) is 45.4 Å². The molecular formula is C22H31NO2. The molecule has 25 heavy (non-hydrogen) atoms. The average Bonchev–Trinajstić information content (AvgIpc) is 2.60. The molecule has 0 aromatic carbocycles. The van der Waals surface area contributed by atoms with Crippen LogP contribution in [-0.4, -0.2) is 11.5 Å². The Morgan fingerprint density at radius 3 is 1.72 bits per heavy atom. The number of nitrogens with zero attached hydrogens (tertiary/aromatic N) is 1. The normalized spacial score (nSPS) is 13.3. The Kier molecular flexibility index (Phi) is 17.7. The van der Waals surface area contributed by atoms with Gasteiger partial charge in [-0.3, -0.25) is 10.1 Å². The molecule has 0 bridgehead atoms. The molecule has 0 unspecified atom stereocenters. The van der Waals surface area contributed by atoms with E-state index in [1.54, 1.807) is 0 Å². The highest BCUT2D eigenvalue weighted by Crippen LogP contribution is 1.95. The SMILES string of the molecule is CCC=CCC=CCC=CC=CC=CC=CCC=CCCC[N+](=O)[O-]. The van der Waals surface area contributed by atoms with E-state index in [2.05, 4.69) is 43.4 Å². The van der Waals surface area contributed by atoms with Gasteiger partial charge in [-0.25, -0.2) is 0 Å². The number of unbranched alkanes of at least 4 members (excludes halogenated alkanes) is 1. The van der Waals surface area contributed by atoms with Crippen LogP contribution >= 0.6 is 0 Å². The van der Waals surface area contributed by atoms with Crippen molar-refractivity contribution >= 4 is 0 Å². The summed E-state index contributed by atoms with van der Waals surface area (Å²) in [6.45, 7) is 2.19. The fourth-order valence-electron chi connectivity index (χ4n) is 1.81. The minimum absolute atomic E-state index is 0.0519. The standard InChI is InChI=1S/C22H31NO2/c1-2-3-4-5-6-7-8-9-10-11-12-13-14-15-16-17-18-19-20-21-22-23(24)25/h3-4,6-7,9-16,18-19H,2,5,8,17,20-22H2,1H3. The number of hydrogen-bond acceptors (Lipinski definition) is 2. The van der Waals surface area contributed by atoms with Gasteiger partial charge in [0.15, 0.2) is 0 Å². The Morgan fingerprint density at radius 1 is 0.680 bits per heavy atom. The number of rotatable bonds is 14. The number of allylic oxidation sites excluding steroid dienone is 14. The van der Waals surface area contributed by atoms with Crippen molar-refractivity contribution in [3.8, 4) is 0 Å². The van der Waals surface area contributed by atoms with Crippen molar-refractivity contribution in [1.82, 2.24) is 0 Å². The molecule has 0 N–H and O–H groups in total. The van der Waals surface area contributed by atoms with Crippen molar-refractivity contribution in [2.24, 2.45) is 0 Å². The molecule has 0 saturated carbocycles. The van der Waals surface area contributed by atoms with Crippen molar-refractivity contribution in [2.75, 3.05) is 6.54 Å². The average molecular weight is 341 g/mol. The maximum atomic E-state index is 10.1. The highest BCUT2D eigenvalue weighted by molar-refractivity contribution is 5.16. The minimum atomic E-state index is -0.274. The summed E-state index contributed by atoms with van der Waals surface area (Å²) in [6.07, 6.45) is 34.3. The highest BCUT2D eigenvalue weighted by atomic mass is 16.6. The summed E-state index contributed by atoms with van der Waals surface area (Å²) in [5.41, 5.74) is 0. The summed E-state index contributed by atoms with van der Waals surface area (Å²) in [6, 6.07) is 0. The molecule has 0 saturated heterocycles. The maximum absolute atomic E-state index is 10.1. The third-order valence-electron chi connectivity index (χ3n) is 3.09. The Labute approximate surface area is 152 Å². The molecule has 3 nitrogen and oxygen atoms in total. The fourth-order valence-corrected chi connectivity index (χ4v) is 1.81. The number of hydrogen-bond donors (Lipinski definition) is 0. The lowest BCUT2D eigenvalue weighted by atomic mass is 10.2. The predicted octanol–water partition coefficient (Wildman–Crippen LogP) is 6.52. The van der Waals surface area contributed by atoms with Gasteiger partial charge in [0.25, 0.3) is 0 Å². The molecule has 3 heteroatoms. The summed E-state index contributed by atoms with van der Waals surface area (Å²) in [7, 11) is 0. The molecule has 0 aromatic rings. The summed E-state index contributed by atoms with van der Waals surface area (Å²) >= 11 is 0. The van der Waals surface area contributed by atoms with Crippen molar-refractivity contribution < 1.29 is 4.92 Å². The zero-order chi connectivity index (χ0) is 18.4. The van der Waals surface area contributed by atoms with E-state index in [1.165, 1.54) is 0 Å². The van der Waals surface area contributed by atoms with E-state index in [0.717, 1.165) is 32.1 Å². The van der Waals surface area contributed by atoms with Crippen LogP contribution in [0.15, 0.2) is 85.1 Å². The van der Waals surface area contributed by atoms with Crippen LogP contribution in [0.5, 0.6) is 0 Å². The third-order valence-corrected chi connectivity index (χ3v) is 3.09. The van der Waals surface area contributed by atoms with Crippen LogP contribution < -0.4 is 0 Å². The quantitative estimate of drug-likeness (QED) is 0.119. The second-order valence-corrected chi connectivity index (χ2v) is 5.35. The van der Waals surface area contributed by atoms with Gasteiger partial charge in [0.05, 0.1) is 0 Å². The Bertz CT molecular complexity index is 520. The van der Waals surface area contributed by atoms with Gasteiger partial charge in [0, 0.05) is 11.3 Å². The molecule has 0 heterocycles. The second-order valence-electron chi connectivity index (χ2n) is 5.35. The summed E-state index contributed by atoms with van der Waals surface area (Å²) in [5.74, 6) is 0. The molecule has 0 aliphatic rings. The lowest BCUT2D eigenvalue weighted by Crippen LogP contribution is -1.98. The van der Waals surface area contributed by atoms with E-state index in [1.807, 2.05) is 48.6 Å². The van der Waals surface area contributed by atoms with Gasteiger partial charge in [-0.1, -0.05) is 92.0 Å². The van der Waals surface area contributed by atoms with Crippen molar-refractivity contribution in [2.45, 2.75) is 45.4 Å². The molecule has 0 aliphatic carbocycles. The van der Waals surface area contributed by atoms with E-state index in [9.17, 15) is 10.1 Å². The smallest absolute Gasteiger partial charge is 0.204 e. The van der Waals surface area contributed by atoms with Gasteiger partial charge in [0.1, 0.15) is 0 Å². The van der Waals surface area contributed by atoms with Crippen LogP contribution in [0.25, 0.3) is 0 Å². The summed E-state index contributed by atoms with van der Waals surface area (Å²) in [4.78, 5) is 9.87. The number of nitro groups is 1. The predicted molar refractivity (Wildman–Crippen MR) is 109 cm³/mol. The fraction of sp³-hybridized carbons (Fsp3) is 0.364. The van der Waals surface area contributed by atoms with Crippen LogP contribution in [0, 0.1) is 10.1 Å². The zero-order valence-corrected chi connectivity index (χ0v) is 15.3. The van der Waals surface area contributed by atoms with Gasteiger partial charge in [-0.2, -0.15) is 0 Å². The summed E-state index contributed by atoms with van der Waals surface area (Å²) in [5, 5.41) is 10.1. The van der Waals surface area contributed by atoms with E-state index >= 15 is 0 Å². The second kappa shape index (κ2) is 19.6. The first-order valence-corrected chi connectivity index (χ1v) is 8.99. The Hall–Kier alpha value is -2.42. The maximum Gasteiger partial charge on any atom is 0.204 e. The van der Waals surface area contributed by atoms with Gasteiger partial charge < -0.3 is 0 Å². The van der Waals surface area contributed by atoms with E-state index in [4.69, 9.17) is 0 Å². The lowest BCUT2D eigenvalue weighted by Gasteiger charge is -1.88. The first-order valence-electron chi connectivity index (χ1n) is 8.99. The van der Waals surface area contributed by atoms with Crippen molar-refractivity contribution in [3.05, 3.63) is 95.2 Å². The zero-order valence-electron chi connectivity index (χ0n) is 15.3. The van der Waals surface area contributed by atoms with Crippen molar-refractivity contribution in [1.29, 1.82) is 0 Å². The Morgan fingerprint density at radius 2 is 1.16 bits per heavy atom. The van der Waals surface area contributed by atoms with Crippen LogP contribution in [0.2, 0.25) is 0 Å². The molecule has 0 fully saturated rings. The molecule has 0 radical (unpaired) electrons. The topological polar surface area (TPSA) is 43.1 Å². The first-order chi connectivity index (χ1) is 12.3. The van der Waals surface area contributed by atoms with Gasteiger partial charge in [0.2, 0.25) is 6.54 Å². The molecule has 0 atom stereocenters. The minimum Gasteiger partial charge on any atom is -0.265 e. The molecule has 136 valence electrons. The van der Waals surface area contributed by atoms with E-state index < -0.39 is 0 Å². The van der Waals surface area contributed by atoms with E-state index in [0.29, 0.717) is 6.42 Å². The van der Waals surface area contributed by atoms with Gasteiger partial charge in [-0.15, -0.1) is 0 Å². The highest BCUT2D eigenvalue weighted by Gasteiger charge is 1.92. The van der Waals surface area contributed by atoms with Crippen LogP contribution in [-0.2, 0) is 0 Å². The third kappa shape index (κ3) is 21.6. The molecule has 0 amide bonds. The molecular weight excluding hydrogens is 310 g/mol. The van der Waals surface area contributed by atoms with Gasteiger partial charge in [-0.05, 0) is 32.1 Å². The van der Waals surface area contributed by atoms with Gasteiger partial charge >= 0.3 is 0 Å². The monoisotopic (exact) mass is 341 g/mol. The Balaban J connectivity index is 3.64. The molecule has 0 rings (SSSR count). The van der Waals surface area contributed by atoms with Crippen molar-refractivity contribution in [3.63, 3.8) is 0 Å². The van der Waals surface area contributed by atoms with Crippen LogP contribution in [0.3, 0.4) is 0 Å². The van der Waals surface area contributed by atoms with Crippen LogP contribution in [0.4, 0.5) is 0 Å². The molecule has 0 aliphatic heterocycles. The summed E-state index contributed by atoms with van der Waals surface area (Å²) < 4.78 is 0. The largest absolute Gasteiger partial charge is 0.265 e.